The molecular formula is C30H32FN3O5S2. The molecule has 1 aliphatic rings. The Kier molecular flexibility index (Phi) is 10.6. The molecule has 1 aliphatic heterocycles. The summed E-state index contributed by atoms with van der Waals surface area (Å²) in [4.78, 5) is 43.7. The molecule has 0 spiro atoms. The Morgan fingerprint density at radius 2 is 1.73 bits per heavy atom. The van der Waals surface area contributed by atoms with Gasteiger partial charge in [0.1, 0.15) is 15.5 Å². The van der Waals surface area contributed by atoms with Crippen molar-refractivity contribution in [3.8, 4) is 11.6 Å². The number of nitrogens with zero attached hydrogens (tertiary/aromatic N) is 3. The summed E-state index contributed by atoms with van der Waals surface area (Å²) in [5.74, 6) is -1.82. The van der Waals surface area contributed by atoms with E-state index in [1.54, 1.807) is 23.2 Å². The van der Waals surface area contributed by atoms with Crippen molar-refractivity contribution in [3.05, 3.63) is 74.8 Å². The summed E-state index contributed by atoms with van der Waals surface area (Å²) in [6.45, 7) is 2.29. The highest BCUT2D eigenvalue weighted by Gasteiger charge is 2.32. The molecule has 1 N–H and O–H groups in total. The van der Waals surface area contributed by atoms with Gasteiger partial charge in [0.05, 0.1) is 4.91 Å². The van der Waals surface area contributed by atoms with Crippen LogP contribution in [0, 0.1) is 12.7 Å². The molecule has 0 unspecified atom stereocenters. The summed E-state index contributed by atoms with van der Waals surface area (Å²) < 4.78 is 22.0. The standard InChI is InChI=1S/C30H32FN3O5S2/c1-20-13-12-18-33-26(20)32-27(39-23-15-10-9-14-22(23)31)21(28(33)37)19-24-29(38)34(30(40)41-24)17-11-7-5-3-2-4-6-8-16-25(35)36/h9-10,12-15,18-19H,2-8,11,16-17H2,1H3,(H,35,36)/b24-19+. The van der Waals surface area contributed by atoms with Gasteiger partial charge in [-0.3, -0.25) is 23.7 Å². The molecule has 0 radical (unpaired) electrons. The Bertz CT molecular complexity index is 1540. The summed E-state index contributed by atoms with van der Waals surface area (Å²) in [7, 11) is 0. The van der Waals surface area contributed by atoms with E-state index in [-0.39, 0.29) is 34.4 Å². The molecular weight excluding hydrogens is 565 g/mol. The van der Waals surface area contributed by atoms with E-state index in [0.29, 0.717) is 16.5 Å². The van der Waals surface area contributed by atoms with E-state index < -0.39 is 17.3 Å². The maximum Gasteiger partial charge on any atom is 0.303 e. The van der Waals surface area contributed by atoms with Crippen molar-refractivity contribution in [2.24, 2.45) is 0 Å². The van der Waals surface area contributed by atoms with Crippen LogP contribution in [-0.2, 0) is 9.59 Å². The number of aliphatic carboxylic acids is 1. The van der Waals surface area contributed by atoms with Gasteiger partial charge < -0.3 is 9.84 Å². The highest BCUT2D eigenvalue weighted by atomic mass is 32.2. The summed E-state index contributed by atoms with van der Waals surface area (Å²) in [5, 5.41) is 8.69. The van der Waals surface area contributed by atoms with Crippen LogP contribution in [-0.4, -0.2) is 42.1 Å². The van der Waals surface area contributed by atoms with Gasteiger partial charge >= 0.3 is 5.97 Å². The number of aromatic nitrogens is 2. The SMILES string of the molecule is Cc1cccn2c(=O)c(/C=C3/SC(=S)N(CCCCCCCCCCC(=O)O)C3=O)c(Oc3ccccc3F)nc12. The Morgan fingerprint density at radius 3 is 2.44 bits per heavy atom. The minimum Gasteiger partial charge on any atom is -0.481 e. The van der Waals surface area contributed by atoms with Crippen LogP contribution < -0.4 is 10.3 Å². The normalized spacial score (nSPS) is 14.4. The Hall–Kier alpha value is -3.57. The molecule has 3 heterocycles. The van der Waals surface area contributed by atoms with Crippen molar-refractivity contribution >= 4 is 51.9 Å². The third-order valence-corrected chi connectivity index (χ3v) is 8.14. The van der Waals surface area contributed by atoms with Gasteiger partial charge in [-0.1, -0.05) is 80.7 Å². The molecule has 1 saturated heterocycles. The molecule has 4 rings (SSSR count). The second kappa shape index (κ2) is 14.4. The Balaban J connectivity index is 1.44. The first kappa shape index (κ1) is 30.4. The largest absolute Gasteiger partial charge is 0.481 e. The molecule has 8 nitrogen and oxygen atoms in total. The number of halogens is 1. The van der Waals surface area contributed by atoms with Crippen LogP contribution in [0.1, 0.15) is 68.9 Å². The van der Waals surface area contributed by atoms with E-state index in [1.807, 2.05) is 13.0 Å². The number of hydrogen-bond donors (Lipinski definition) is 1. The zero-order valence-corrected chi connectivity index (χ0v) is 24.4. The maximum atomic E-state index is 14.4. The van der Waals surface area contributed by atoms with Crippen LogP contribution in [0.4, 0.5) is 4.39 Å². The fraction of sp³-hybridized carbons (Fsp3) is 0.367. The van der Waals surface area contributed by atoms with E-state index in [0.717, 1.165) is 68.7 Å². The summed E-state index contributed by atoms with van der Waals surface area (Å²) in [6.07, 6.45) is 10.8. The lowest BCUT2D eigenvalue weighted by atomic mass is 10.1. The highest BCUT2D eigenvalue weighted by molar-refractivity contribution is 8.26. The summed E-state index contributed by atoms with van der Waals surface area (Å²) in [6, 6.07) is 9.38. The second-order valence-electron chi connectivity index (χ2n) is 9.86. The molecule has 1 fully saturated rings. The number of pyridine rings is 1. The third kappa shape index (κ3) is 7.80. The number of carboxylic acid groups (broad SMARTS) is 1. The number of carbonyl (C=O) groups excluding carboxylic acids is 1. The number of thioether (sulfide) groups is 1. The molecule has 1 aromatic carbocycles. The number of carboxylic acids is 1. The van der Waals surface area contributed by atoms with Crippen molar-refractivity contribution in [1.82, 2.24) is 14.3 Å². The summed E-state index contributed by atoms with van der Waals surface area (Å²) >= 11 is 6.59. The van der Waals surface area contributed by atoms with Crippen LogP contribution in [0.2, 0.25) is 0 Å². The van der Waals surface area contributed by atoms with Gasteiger partial charge in [-0.25, -0.2) is 4.39 Å². The molecule has 1 amide bonds. The number of unbranched alkanes of at least 4 members (excludes halogenated alkanes) is 7. The van der Waals surface area contributed by atoms with Crippen molar-refractivity contribution in [3.63, 3.8) is 0 Å². The topological polar surface area (TPSA) is 101 Å². The van der Waals surface area contributed by atoms with E-state index in [4.69, 9.17) is 22.1 Å². The average Bonchev–Trinajstić information content (AvgIpc) is 3.20. The molecule has 2 aromatic heterocycles. The first-order valence-electron chi connectivity index (χ1n) is 13.7. The predicted octanol–water partition coefficient (Wildman–Crippen LogP) is 6.73. The number of hydrogen-bond acceptors (Lipinski definition) is 7. The van der Waals surface area contributed by atoms with Crippen molar-refractivity contribution in [1.29, 1.82) is 0 Å². The summed E-state index contributed by atoms with van der Waals surface area (Å²) in [5.41, 5.74) is 0.686. The number of amides is 1. The average molecular weight is 598 g/mol. The third-order valence-electron chi connectivity index (χ3n) is 6.76. The van der Waals surface area contributed by atoms with E-state index >= 15 is 0 Å². The van der Waals surface area contributed by atoms with Gasteiger partial charge in [-0.2, -0.15) is 4.98 Å². The number of aryl methyl sites for hydroxylation is 1. The van der Waals surface area contributed by atoms with E-state index in [2.05, 4.69) is 4.98 Å². The number of thiocarbonyl (C=S) groups is 1. The number of para-hydroxylation sites is 1. The van der Waals surface area contributed by atoms with Gasteiger partial charge in [0.2, 0.25) is 5.88 Å². The van der Waals surface area contributed by atoms with Crippen molar-refractivity contribution < 1.29 is 23.8 Å². The number of ether oxygens (including phenoxy) is 1. The quantitative estimate of drug-likeness (QED) is 0.124. The molecule has 0 aliphatic carbocycles. The fourth-order valence-corrected chi connectivity index (χ4v) is 5.85. The van der Waals surface area contributed by atoms with Crippen molar-refractivity contribution in [2.45, 2.75) is 64.7 Å². The van der Waals surface area contributed by atoms with Gasteiger partial charge in [-0.15, -0.1) is 0 Å². The van der Waals surface area contributed by atoms with Gasteiger partial charge in [0, 0.05) is 19.2 Å². The molecule has 0 bridgehead atoms. The molecule has 216 valence electrons. The molecule has 0 atom stereocenters. The van der Waals surface area contributed by atoms with E-state index in [1.165, 1.54) is 28.7 Å². The van der Waals surface area contributed by atoms with E-state index in [9.17, 15) is 18.8 Å². The zero-order valence-electron chi connectivity index (χ0n) is 22.8. The molecule has 3 aromatic rings. The van der Waals surface area contributed by atoms with Crippen LogP contribution >= 0.6 is 24.0 Å². The first-order chi connectivity index (χ1) is 19.8. The van der Waals surface area contributed by atoms with Gasteiger partial charge in [0.25, 0.3) is 11.5 Å². The van der Waals surface area contributed by atoms with Crippen LogP contribution in [0.5, 0.6) is 11.6 Å². The van der Waals surface area contributed by atoms with Crippen LogP contribution in [0.15, 0.2) is 52.3 Å². The minimum atomic E-state index is -0.747. The number of benzene rings is 1. The highest BCUT2D eigenvalue weighted by Crippen LogP contribution is 2.34. The second-order valence-corrected chi connectivity index (χ2v) is 11.5. The lowest BCUT2D eigenvalue weighted by Gasteiger charge is -2.14. The fourth-order valence-electron chi connectivity index (χ4n) is 4.56. The Labute approximate surface area is 247 Å². The smallest absolute Gasteiger partial charge is 0.303 e. The predicted molar refractivity (Wildman–Crippen MR) is 162 cm³/mol. The lowest BCUT2D eigenvalue weighted by Crippen LogP contribution is -2.29. The van der Waals surface area contributed by atoms with Gasteiger partial charge in [0.15, 0.2) is 11.6 Å². The van der Waals surface area contributed by atoms with Gasteiger partial charge in [-0.05, 0) is 49.6 Å². The maximum absolute atomic E-state index is 14.4. The Morgan fingerprint density at radius 1 is 1.05 bits per heavy atom. The van der Waals surface area contributed by atoms with Crippen LogP contribution in [0.3, 0.4) is 0 Å². The monoisotopic (exact) mass is 597 g/mol. The molecule has 11 heteroatoms. The molecule has 0 saturated carbocycles. The number of rotatable bonds is 14. The molecule has 41 heavy (non-hydrogen) atoms. The number of carbonyl (C=O) groups is 2. The lowest BCUT2D eigenvalue weighted by molar-refractivity contribution is -0.137. The van der Waals surface area contributed by atoms with Crippen molar-refractivity contribution in [2.75, 3.05) is 6.54 Å². The zero-order chi connectivity index (χ0) is 29.4. The minimum absolute atomic E-state index is 0.0280. The van der Waals surface area contributed by atoms with Crippen LogP contribution in [0.25, 0.3) is 11.7 Å². The first-order valence-corrected chi connectivity index (χ1v) is 14.9. The number of fused-ring (bicyclic) bond motifs is 1.